The number of hydrogen-bond donors (Lipinski definition) is 1. The van der Waals surface area contributed by atoms with Gasteiger partial charge in [0.2, 0.25) is 0 Å². The van der Waals surface area contributed by atoms with Crippen molar-refractivity contribution < 1.29 is 5.11 Å². The standard InChI is InChI=1S/C11H16ClNO/c1-3-4-8(2)11(14)10-6-5-9(12)7-13-10/h5-8,11,14H,3-4H2,1-2H3. The number of rotatable bonds is 4. The lowest BCUT2D eigenvalue weighted by atomic mass is 9.97. The maximum absolute atomic E-state index is 9.91. The highest BCUT2D eigenvalue weighted by molar-refractivity contribution is 6.30. The Hall–Kier alpha value is -0.600. The van der Waals surface area contributed by atoms with Crippen LogP contribution in [-0.2, 0) is 0 Å². The van der Waals surface area contributed by atoms with Crippen molar-refractivity contribution in [2.45, 2.75) is 32.8 Å². The van der Waals surface area contributed by atoms with E-state index in [1.165, 1.54) is 0 Å². The molecule has 1 rings (SSSR count). The molecule has 3 heteroatoms. The molecule has 1 aromatic rings. The monoisotopic (exact) mass is 213 g/mol. The van der Waals surface area contributed by atoms with Crippen molar-refractivity contribution in [1.29, 1.82) is 0 Å². The third-order valence-corrected chi connectivity index (χ3v) is 2.56. The summed E-state index contributed by atoms with van der Waals surface area (Å²) < 4.78 is 0. The zero-order valence-corrected chi connectivity index (χ0v) is 9.33. The molecule has 2 atom stereocenters. The van der Waals surface area contributed by atoms with Crippen LogP contribution in [0.25, 0.3) is 0 Å². The summed E-state index contributed by atoms with van der Waals surface area (Å²) in [5, 5.41) is 10.5. The largest absolute Gasteiger partial charge is 0.387 e. The molecule has 0 bridgehead atoms. The van der Waals surface area contributed by atoms with Gasteiger partial charge in [0.25, 0.3) is 0 Å². The van der Waals surface area contributed by atoms with Gasteiger partial charge in [0.15, 0.2) is 0 Å². The first-order valence-corrected chi connectivity index (χ1v) is 5.32. The number of nitrogens with zero attached hydrogens (tertiary/aromatic N) is 1. The predicted octanol–water partition coefficient (Wildman–Crippen LogP) is 3.20. The van der Waals surface area contributed by atoms with E-state index in [0.717, 1.165) is 12.8 Å². The van der Waals surface area contributed by atoms with Crippen LogP contribution in [0.15, 0.2) is 18.3 Å². The number of pyridine rings is 1. The van der Waals surface area contributed by atoms with Gasteiger partial charge >= 0.3 is 0 Å². The predicted molar refractivity (Wildman–Crippen MR) is 58.3 cm³/mol. The topological polar surface area (TPSA) is 33.1 Å². The second-order valence-electron chi connectivity index (χ2n) is 3.61. The highest BCUT2D eigenvalue weighted by atomic mass is 35.5. The van der Waals surface area contributed by atoms with Gasteiger partial charge in [-0.05, 0) is 24.5 Å². The molecule has 0 radical (unpaired) electrons. The minimum atomic E-state index is -0.479. The molecule has 2 nitrogen and oxygen atoms in total. The van der Waals surface area contributed by atoms with E-state index < -0.39 is 6.10 Å². The smallest absolute Gasteiger partial charge is 0.0985 e. The first-order valence-electron chi connectivity index (χ1n) is 4.94. The summed E-state index contributed by atoms with van der Waals surface area (Å²) in [5.41, 5.74) is 0.704. The Morgan fingerprint density at radius 2 is 2.21 bits per heavy atom. The molecule has 0 aliphatic carbocycles. The molecule has 78 valence electrons. The lowest BCUT2D eigenvalue weighted by molar-refractivity contribution is 0.108. The second-order valence-corrected chi connectivity index (χ2v) is 4.05. The van der Waals surface area contributed by atoms with Crippen LogP contribution in [0.2, 0.25) is 5.02 Å². The Kier molecular flexibility index (Phi) is 4.36. The van der Waals surface area contributed by atoms with E-state index in [2.05, 4.69) is 11.9 Å². The summed E-state index contributed by atoms with van der Waals surface area (Å²) in [4.78, 5) is 4.10. The first kappa shape index (κ1) is 11.5. The highest BCUT2D eigenvalue weighted by Crippen LogP contribution is 2.24. The van der Waals surface area contributed by atoms with Crippen molar-refractivity contribution in [2.24, 2.45) is 5.92 Å². The summed E-state index contributed by atoms with van der Waals surface area (Å²) >= 11 is 5.71. The van der Waals surface area contributed by atoms with Crippen LogP contribution in [-0.4, -0.2) is 10.1 Å². The summed E-state index contributed by atoms with van der Waals surface area (Å²) in [5.74, 6) is 0.244. The number of hydrogen-bond acceptors (Lipinski definition) is 2. The van der Waals surface area contributed by atoms with E-state index in [-0.39, 0.29) is 5.92 Å². The fourth-order valence-electron chi connectivity index (χ4n) is 1.47. The molecular weight excluding hydrogens is 198 g/mol. The van der Waals surface area contributed by atoms with E-state index in [4.69, 9.17) is 11.6 Å². The van der Waals surface area contributed by atoms with Gasteiger partial charge in [-0.3, -0.25) is 4.98 Å². The van der Waals surface area contributed by atoms with E-state index in [1.54, 1.807) is 18.3 Å². The lowest BCUT2D eigenvalue weighted by Gasteiger charge is -2.17. The third kappa shape index (κ3) is 2.96. The van der Waals surface area contributed by atoms with Crippen LogP contribution in [0.5, 0.6) is 0 Å². The number of aromatic nitrogens is 1. The Labute approximate surface area is 89.9 Å². The molecule has 0 fully saturated rings. The molecule has 14 heavy (non-hydrogen) atoms. The molecule has 0 aliphatic heterocycles. The molecule has 0 amide bonds. The molecule has 0 aliphatic rings. The van der Waals surface area contributed by atoms with Crippen molar-refractivity contribution in [3.05, 3.63) is 29.0 Å². The summed E-state index contributed by atoms with van der Waals surface area (Å²) in [7, 11) is 0. The van der Waals surface area contributed by atoms with E-state index in [9.17, 15) is 5.11 Å². The van der Waals surface area contributed by atoms with Crippen molar-refractivity contribution >= 4 is 11.6 Å². The maximum Gasteiger partial charge on any atom is 0.0985 e. The van der Waals surface area contributed by atoms with Crippen LogP contribution in [0.3, 0.4) is 0 Å². The lowest BCUT2D eigenvalue weighted by Crippen LogP contribution is -2.10. The van der Waals surface area contributed by atoms with Gasteiger partial charge in [0.1, 0.15) is 0 Å². The second kappa shape index (κ2) is 5.32. The summed E-state index contributed by atoms with van der Waals surface area (Å²) in [6, 6.07) is 3.53. The zero-order chi connectivity index (χ0) is 10.6. The van der Waals surface area contributed by atoms with Crippen molar-refractivity contribution in [3.63, 3.8) is 0 Å². The molecule has 1 N–H and O–H groups in total. The summed E-state index contributed by atoms with van der Waals surface area (Å²) in [6.45, 7) is 4.14. The first-order chi connectivity index (χ1) is 6.65. The van der Waals surface area contributed by atoms with Crippen molar-refractivity contribution in [3.8, 4) is 0 Å². The zero-order valence-electron chi connectivity index (χ0n) is 8.57. The Bertz CT molecular complexity index is 273. The number of aliphatic hydroxyl groups excluding tert-OH is 1. The Balaban J connectivity index is 2.68. The summed E-state index contributed by atoms with van der Waals surface area (Å²) in [6.07, 6.45) is 3.17. The van der Waals surface area contributed by atoms with E-state index in [0.29, 0.717) is 10.7 Å². The number of halogens is 1. The van der Waals surface area contributed by atoms with Crippen molar-refractivity contribution in [1.82, 2.24) is 4.98 Å². The minimum Gasteiger partial charge on any atom is -0.387 e. The molecule has 0 saturated carbocycles. The van der Waals surface area contributed by atoms with Crippen LogP contribution in [0, 0.1) is 5.92 Å². The maximum atomic E-state index is 9.91. The SMILES string of the molecule is CCCC(C)C(O)c1ccc(Cl)cn1. The molecule has 0 aromatic carbocycles. The van der Waals surface area contributed by atoms with E-state index >= 15 is 0 Å². The fraction of sp³-hybridized carbons (Fsp3) is 0.545. The van der Waals surface area contributed by atoms with Crippen LogP contribution < -0.4 is 0 Å². The van der Waals surface area contributed by atoms with Gasteiger partial charge in [0.05, 0.1) is 16.8 Å². The molecule has 1 aromatic heterocycles. The molecule has 0 spiro atoms. The Morgan fingerprint density at radius 1 is 1.50 bits per heavy atom. The highest BCUT2D eigenvalue weighted by Gasteiger charge is 2.16. The van der Waals surface area contributed by atoms with Gasteiger partial charge in [-0.2, -0.15) is 0 Å². The minimum absolute atomic E-state index is 0.244. The molecule has 0 saturated heterocycles. The van der Waals surface area contributed by atoms with Gasteiger partial charge in [0, 0.05) is 6.20 Å². The third-order valence-electron chi connectivity index (χ3n) is 2.34. The van der Waals surface area contributed by atoms with Gasteiger partial charge in [-0.1, -0.05) is 31.9 Å². The van der Waals surface area contributed by atoms with Crippen LogP contribution in [0.4, 0.5) is 0 Å². The molecular formula is C11H16ClNO. The average molecular weight is 214 g/mol. The van der Waals surface area contributed by atoms with Gasteiger partial charge in [-0.25, -0.2) is 0 Å². The quantitative estimate of drug-likeness (QED) is 0.833. The van der Waals surface area contributed by atoms with Crippen molar-refractivity contribution in [2.75, 3.05) is 0 Å². The van der Waals surface area contributed by atoms with Crippen LogP contribution in [0.1, 0.15) is 38.5 Å². The van der Waals surface area contributed by atoms with Gasteiger partial charge < -0.3 is 5.11 Å². The average Bonchev–Trinajstić information content (AvgIpc) is 2.18. The van der Waals surface area contributed by atoms with E-state index in [1.807, 2.05) is 6.92 Å². The normalized spacial score (nSPS) is 15.1. The molecule has 1 heterocycles. The van der Waals surface area contributed by atoms with Crippen LogP contribution >= 0.6 is 11.6 Å². The molecule has 2 unspecified atom stereocenters. The number of aliphatic hydroxyl groups is 1. The Morgan fingerprint density at radius 3 is 2.71 bits per heavy atom. The van der Waals surface area contributed by atoms with Gasteiger partial charge in [-0.15, -0.1) is 0 Å². The fourth-order valence-corrected chi connectivity index (χ4v) is 1.58.